The van der Waals surface area contributed by atoms with Gasteiger partial charge in [-0.1, -0.05) is 24.0 Å². The SMILES string of the molecule is COC(=O)CCCSC(=S)NCC1CCCS1. The highest BCUT2D eigenvalue weighted by Crippen LogP contribution is 2.25. The summed E-state index contributed by atoms with van der Waals surface area (Å²) in [5.41, 5.74) is 0. The van der Waals surface area contributed by atoms with E-state index in [4.69, 9.17) is 12.2 Å². The Kier molecular flexibility index (Phi) is 8.05. The lowest BCUT2D eigenvalue weighted by Gasteiger charge is -2.11. The number of ether oxygens (including phenoxy) is 1. The van der Waals surface area contributed by atoms with Gasteiger partial charge in [-0.05, 0) is 25.0 Å². The van der Waals surface area contributed by atoms with Crippen LogP contribution >= 0.6 is 35.7 Å². The Labute approximate surface area is 117 Å². The third-order valence-electron chi connectivity index (χ3n) is 2.48. The maximum Gasteiger partial charge on any atom is 0.305 e. The number of thiocarbonyl (C=S) groups is 1. The topological polar surface area (TPSA) is 38.3 Å². The minimum atomic E-state index is -0.146. The number of nitrogens with one attached hydrogen (secondary N) is 1. The summed E-state index contributed by atoms with van der Waals surface area (Å²) in [7, 11) is 1.42. The molecule has 1 fully saturated rings. The summed E-state index contributed by atoms with van der Waals surface area (Å²) in [5.74, 6) is 2.01. The molecule has 1 aliphatic heterocycles. The van der Waals surface area contributed by atoms with Crippen molar-refractivity contribution in [3.8, 4) is 0 Å². The van der Waals surface area contributed by atoms with E-state index in [1.54, 1.807) is 11.8 Å². The molecule has 1 rings (SSSR count). The first-order chi connectivity index (χ1) is 8.22. The van der Waals surface area contributed by atoms with Crippen molar-refractivity contribution >= 4 is 46.0 Å². The van der Waals surface area contributed by atoms with E-state index in [-0.39, 0.29) is 5.97 Å². The van der Waals surface area contributed by atoms with Crippen molar-refractivity contribution in [3.05, 3.63) is 0 Å². The third-order valence-corrected chi connectivity index (χ3v) is 5.28. The Morgan fingerprint density at radius 3 is 3.12 bits per heavy atom. The highest BCUT2D eigenvalue weighted by Gasteiger charge is 2.15. The summed E-state index contributed by atoms with van der Waals surface area (Å²) in [5, 5.41) is 4.01. The van der Waals surface area contributed by atoms with Gasteiger partial charge in [-0.25, -0.2) is 0 Å². The Bertz CT molecular complexity index is 255. The molecule has 1 atom stereocenters. The lowest BCUT2D eigenvalue weighted by Crippen LogP contribution is -2.26. The largest absolute Gasteiger partial charge is 0.469 e. The first-order valence-corrected chi connectivity index (χ1v) is 8.25. The van der Waals surface area contributed by atoms with Crippen LogP contribution in [0.5, 0.6) is 0 Å². The highest BCUT2D eigenvalue weighted by molar-refractivity contribution is 8.22. The molecular weight excluding hydrogens is 274 g/mol. The number of rotatable bonds is 6. The predicted octanol–water partition coefficient (Wildman–Crippen LogP) is 2.44. The lowest BCUT2D eigenvalue weighted by molar-refractivity contribution is -0.140. The zero-order valence-electron chi connectivity index (χ0n) is 10.1. The van der Waals surface area contributed by atoms with Crippen molar-refractivity contribution in [2.45, 2.75) is 30.9 Å². The molecule has 98 valence electrons. The van der Waals surface area contributed by atoms with E-state index in [2.05, 4.69) is 10.1 Å². The van der Waals surface area contributed by atoms with E-state index < -0.39 is 0 Å². The van der Waals surface area contributed by atoms with Gasteiger partial charge in [0.25, 0.3) is 0 Å². The Morgan fingerprint density at radius 2 is 2.47 bits per heavy atom. The summed E-state index contributed by atoms with van der Waals surface area (Å²) >= 11 is 8.87. The van der Waals surface area contributed by atoms with Gasteiger partial charge in [0.05, 0.1) is 7.11 Å². The van der Waals surface area contributed by atoms with Gasteiger partial charge in [0.1, 0.15) is 4.32 Å². The molecule has 0 amide bonds. The van der Waals surface area contributed by atoms with Crippen LogP contribution < -0.4 is 5.32 Å². The zero-order valence-corrected chi connectivity index (χ0v) is 12.5. The van der Waals surface area contributed by atoms with Gasteiger partial charge in [0.2, 0.25) is 0 Å². The summed E-state index contributed by atoms with van der Waals surface area (Å²) in [6.07, 6.45) is 3.92. The summed E-state index contributed by atoms with van der Waals surface area (Å²) in [6, 6.07) is 0. The second kappa shape index (κ2) is 9.05. The van der Waals surface area contributed by atoms with Crippen molar-refractivity contribution in [1.29, 1.82) is 0 Å². The number of hydrogen-bond donors (Lipinski definition) is 1. The van der Waals surface area contributed by atoms with Gasteiger partial charge in [0.15, 0.2) is 0 Å². The van der Waals surface area contributed by atoms with Crippen LogP contribution in [0, 0.1) is 0 Å². The fraction of sp³-hybridized carbons (Fsp3) is 0.818. The van der Waals surface area contributed by atoms with Crippen LogP contribution in [0.3, 0.4) is 0 Å². The Morgan fingerprint density at radius 1 is 1.65 bits per heavy atom. The molecular formula is C11H19NO2S3. The first kappa shape index (κ1) is 15.1. The van der Waals surface area contributed by atoms with Gasteiger partial charge in [0, 0.05) is 24.0 Å². The van der Waals surface area contributed by atoms with Crippen molar-refractivity contribution in [2.24, 2.45) is 0 Å². The summed E-state index contributed by atoms with van der Waals surface area (Å²) < 4.78 is 5.42. The van der Waals surface area contributed by atoms with Crippen LogP contribution in [0.2, 0.25) is 0 Å². The Balaban J connectivity index is 1.95. The average Bonchev–Trinajstić information content (AvgIpc) is 2.84. The quantitative estimate of drug-likeness (QED) is 0.461. The Hall–Kier alpha value is 0.0600. The maximum atomic E-state index is 10.9. The fourth-order valence-electron chi connectivity index (χ4n) is 1.54. The lowest BCUT2D eigenvalue weighted by atomic mass is 10.2. The molecule has 0 aromatic carbocycles. The smallest absolute Gasteiger partial charge is 0.305 e. The molecule has 0 bridgehead atoms. The zero-order chi connectivity index (χ0) is 12.5. The van der Waals surface area contributed by atoms with E-state index in [1.807, 2.05) is 11.8 Å². The summed E-state index contributed by atoms with van der Waals surface area (Å²) in [6.45, 7) is 0.980. The molecule has 1 aliphatic rings. The van der Waals surface area contributed by atoms with Gasteiger partial charge in [-0.15, -0.1) is 0 Å². The third kappa shape index (κ3) is 7.16. The molecule has 0 saturated carbocycles. The highest BCUT2D eigenvalue weighted by atomic mass is 32.2. The van der Waals surface area contributed by atoms with Crippen molar-refractivity contribution in [2.75, 3.05) is 25.2 Å². The van der Waals surface area contributed by atoms with Crippen molar-refractivity contribution < 1.29 is 9.53 Å². The molecule has 1 saturated heterocycles. The van der Waals surface area contributed by atoms with Crippen LogP contribution in [0.15, 0.2) is 0 Å². The van der Waals surface area contributed by atoms with E-state index in [9.17, 15) is 4.79 Å². The molecule has 1 heterocycles. The van der Waals surface area contributed by atoms with E-state index in [1.165, 1.54) is 25.7 Å². The molecule has 0 aliphatic carbocycles. The molecule has 17 heavy (non-hydrogen) atoms. The van der Waals surface area contributed by atoms with E-state index in [0.717, 1.165) is 28.3 Å². The van der Waals surface area contributed by atoms with Gasteiger partial charge in [-0.2, -0.15) is 11.8 Å². The number of methoxy groups -OCH3 is 1. The molecule has 0 aromatic rings. The van der Waals surface area contributed by atoms with Crippen LogP contribution in [0.1, 0.15) is 25.7 Å². The number of hydrogen-bond acceptors (Lipinski definition) is 5. The molecule has 6 heteroatoms. The van der Waals surface area contributed by atoms with E-state index >= 15 is 0 Å². The minimum absolute atomic E-state index is 0.146. The number of esters is 1. The second-order valence-corrected chi connectivity index (χ2v) is 7.01. The maximum absolute atomic E-state index is 10.9. The van der Waals surface area contributed by atoms with Crippen molar-refractivity contribution in [1.82, 2.24) is 5.32 Å². The number of thioether (sulfide) groups is 2. The monoisotopic (exact) mass is 293 g/mol. The summed E-state index contributed by atoms with van der Waals surface area (Å²) in [4.78, 5) is 10.9. The molecule has 0 spiro atoms. The average molecular weight is 293 g/mol. The predicted molar refractivity (Wildman–Crippen MR) is 79.8 cm³/mol. The van der Waals surface area contributed by atoms with E-state index in [0.29, 0.717) is 6.42 Å². The fourth-order valence-corrected chi connectivity index (χ4v) is 3.73. The number of carbonyl (C=O) groups excluding carboxylic acids is 1. The number of carbonyl (C=O) groups is 1. The van der Waals surface area contributed by atoms with Gasteiger partial charge < -0.3 is 10.1 Å². The van der Waals surface area contributed by atoms with Crippen LogP contribution in [0.4, 0.5) is 0 Å². The van der Waals surface area contributed by atoms with Gasteiger partial charge in [-0.3, -0.25) is 4.79 Å². The van der Waals surface area contributed by atoms with Gasteiger partial charge >= 0.3 is 5.97 Å². The van der Waals surface area contributed by atoms with Crippen LogP contribution in [0.25, 0.3) is 0 Å². The van der Waals surface area contributed by atoms with Crippen LogP contribution in [-0.2, 0) is 9.53 Å². The molecule has 0 radical (unpaired) electrons. The first-order valence-electron chi connectivity index (χ1n) is 5.81. The van der Waals surface area contributed by atoms with Crippen LogP contribution in [-0.4, -0.2) is 40.7 Å². The molecule has 0 aromatic heterocycles. The second-order valence-electron chi connectivity index (χ2n) is 3.83. The normalized spacial score (nSPS) is 19.0. The minimum Gasteiger partial charge on any atom is -0.469 e. The molecule has 3 nitrogen and oxygen atoms in total. The molecule has 1 unspecified atom stereocenters. The molecule has 1 N–H and O–H groups in total. The standard InChI is InChI=1S/C11H19NO2S3/c1-14-10(13)5-3-7-17-11(15)12-8-9-4-2-6-16-9/h9H,2-8H2,1H3,(H,12,15). The van der Waals surface area contributed by atoms with Crippen molar-refractivity contribution in [3.63, 3.8) is 0 Å².